The lowest BCUT2D eigenvalue weighted by atomic mass is 9.77. The second-order valence-electron chi connectivity index (χ2n) is 7.36. The molecule has 2 atom stereocenters. The molecular formula is C22H24O8. The summed E-state index contributed by atoms with van der Waals surface area (Å²) in [6.07, 6.45) is 4.10. The third-order valence-corrected chi connectivity index (χ3v) is 5.35. The molecule has 0 saturated carbocycles. The van der Waals surface area contributed by atoms with Crippen LogP contribution in [-0.2, 0) is 14.3 Å². The van der Waals surface area contributed by atoms with Gasteiger partial charge in [-0.25, -0.2) is 4.79 Å². The minimum absolute atomic E-state index is 0.0000363. The Morgan fingerprint density at radius 2 is 2.07 bits per heavy atom. The molecular weight excluding hydrogens is 392 g/mol. The Morgan fingerprint density at radius 1 is 1.37 bits per heavy atom. The molecule has 0 spiro atoms. The molecule has 30 heavy (non-hydrogen) atoms. The lowest BCUT2D eigenvalue weighted by Gasteiger charge is -2.38. The third kappa shape index (κ3) is 3.54. The minimum Gasteiger partial charge on any atom is -0.507 e. The highest BCUT2D eigenvalue weighted by Crippen LogP contribution is 2.40. The van der Waals surface area contributed by atoms with Gasteiger partial charge in [-0.15, -0.1) is 0 Å². The summed E-state index contributed by atoms with van der Waals surface area (Å²) in [4.78, 5) is 25.6. The number of hydrogen-bond acceptors (Lipinski definition) is 8. The predicted octanol–water partition coefficient (Wildman–Crippen LogP) is 2.45. The first-order valence-electron chi connectivity index (χ1n) is 9.38. The number of benzene rings is 1. The van der Waals surface area contributed by atoms with Crippen molar-refractivity contribution in [1.29, 1.82) is 0 Å². The summed E-state index contributed by atoms with van der Waals surface area (Å²) in [6.45, 7) is 4.55. The fraction of sp³-hybridized carbons (Fsp3) is 0.364. The van der Waals surface area contributed by atoms with Crippen molar-refractivity contribution in [1.82, 2.24) is 0 Å². The highest BCUT2D eigenvalue weighted by molar-refractivity contribution is 6.05. The van der Waals surface area contributed by atoms with E-state index in [0.29, 0.717) is 16.9 Å². The number of phenols is 2. The molecule has 8 nitrogen and oxygen atoms in total. The Bertz CT molecular complexity index is 997. The van der Waals surface area contributed by atoms with Crippen molar-refractivity contribution in [2.45, 2.75) is 38.9 Å². The van der Waals surface area contributed by atoms with Gasteiger partial charge in [-0.1, -0.05) is 6.08 Å². The van der Waals surface area contributed by atoms with Gasteiger partial charge in [0.05, 0.1) is 7.11 Å². The van der Waals surface area contributed by atoms with Gasteiger partial charge >= 0.3 is 5.97 Å². The number of esters is 1. The number of carbonyl (C=O) groups is 2. The van der Waals surface area contributed by atoms with Crippen molar-refractivity contribution in [2.75, 3.05) is 13.7 Å². The van der Waals surface area contributed by atoms with Crippen molar-refractivity contribution in [3.63, 3.8) is 0 Å². The summed E-state index contributed by atoms with van der Waals surface area (Å²) in [6, 6.07) is 1.09. The number of allylic oxidation sites excluding steroid dienone is 3. The van der Waals surface area contributed by atoms with Crippen LogP contribution in [-0.4, -0.2) is 52.5 Å². The zero-order chi connectivity index (χ0) is 22.2. The van der Waals surface area contributed by atoms with E-state index in [1.54, 1.807) is 18.2 Å². The summed E-state index contributed by atoms with van der Waals surface area (Å²) in [7, 11) is 1.31. The highest BCUT2D eigenvalue weighted by atomic mass is 16.6. The molecule has 0 amide bonds. The number of rotatable bonds is 4. The third-order valence-electron chi connectivity index (χ3n) is 5.35. The normalized spacial score (nSPS) is 23.7. The monoisotopic (exact) mass is 416 g/mol. The average molecular weight is 416 g/mol. The molecule has 1 aromatic carbocycles. The molecule has 3 rings (SSSR count). The van der Waals surface area contributed by atoms with Gasteiger partial charge < -0.3 is 29.5 Å². The van der Waals surface area contributed by atoms with E-state index in [2.05, 4.69) is 0 Å². The van der Waals surface area contributed by atoms with Crippen LogP contribution >= 0.6 is 0 Å². The molecule has 3 N–H and O–H groups in total. The zero-order valence-corrected chi connectivity index (χ0v) is 17.2. The number of carbonyl (C=O) groups excluding carboxylic acids is 2. The van der Waals surface area contributed by atoms with E-state index in [4.69, 9.17) is 14.2 Å². The van der Waals surface area contributed by atoms with E-state index in [9.17, 15) is 24.9 Å². The number of ketones is 1. The Hall–Kier alpha value is -3.26. The van der Waals surface area contributed by atoms with Gasteiger partial charge in [-0.05, 0) is 38.5 Å². The Balaban J connectivity index is 1.94. The first-order valence-corrected chi connectivity index (χ1v) is 9.38. The number of hydrogen-bond donors (Lipinski definition) is 3. The second kappa shape index (κ2) is 7.87. The van der Waals surface area contributed by atoms with Crippen molar-refractivity contribution < 1.29 is 39.1 Å². The first kappa shape index (κ1) is 21.4. The maximum absolute atomic E-state index is 12.8. The predicted molar refractivity (Wildman–Crippen MR) is 106 cm³/mol. The van der Waals surface area contributed by atoms with Gasteiger partial charge in [-0.2, -0.15) is 0 Å². The van der Waals surface area contributed by atoms with Crippen LogP contribution in [0.5, 0.6) is 17.2 Å². The first-order chi connectivity index (χ1) is 14.1. The van der Waals surface area contributed by atoms with Crippen LogP contribution < -0.4 is 4.74 Å². The van der Waals surface area contributed by atoms with Gasteiger partial charge in [0.2, 0.25) is 0 Å². The van der Waals surface area contributed by atoms with Crippen LogP contribution in [0.4, 0.5) is 0 Å². The average Bonchev–Trinajstić information content (AvgIpc) is 2.69. The molecule has 1 aromatic rings. The van der Waals surface area contributed by atoms with Gasteiger partial charge in [0, 0.05) is 23.6 Å². The van der Waals surface area contributed by atoms with Crippen LogP contribution in [0.1, 0.15) is 36.2 Å². The SMILES string of the molecule is CC=CC1=CC2=C(CO1)C(=O)[C@](C)(O)[C@H](OC(=O)c1c(O)cc(OC)c(O)c1C)C2. The van der Waals surface area contributed by atoms with E-state index >= 15 is 0 Å². The van der Waals surface area contributed by atoms with E-state index in [-0.39, 0.29) is 35.7 Å². The fourth-order valence-corrected chi connectivity index (χ4v) is 3.57. The summed E-state index contributed by atoms with van der Waals surface area (Å²) in [5.41, 5.74) is -1.24. The highest BCUT2D eigenvalue weighted by Gasteiger charge is 2.48. The molecule has 0 bridgehead atoms. The van der Waals surface area contributed by atoms with Gasteiger partial charge in [0.1, 0.15) is 29.8 Å². The van der Waals surface area contributed by atoms with E-state index < -0.39 is 29.2 Å². The van der Waals surface area contributed by atoms with Crippen molar-refractivity contribution in [3.05, 3.63) is 52.3 Å². The summed E-state index contributed by atoms with van der Waals surface area (Å²) >= 11 is 0. The van der Waals surface area contributed by atoms with Crippen molar-refractivity contribution in [2.24, 2.45) is 0 Å². The molecule has 0 aromatic heterocycles. The van der Waals surface area contributed by atoms with Crippen LogP contribution in [0.3, 0.4) is 0 Å². The minimum atomic E-state index is -1.97. The number of aromatic hydroxyl groups is 2. The van der Waals surface area contributed by atoms with Crippen molar-refractivity contribution in [3.8, 4) is 17.2 Å². The van der Waals surface area contributed by atoms with Gasteiger partial charge in [-0.3, -0.25) is 4.79 Å². The Kier molecular flexibility index (Phi) is 5.63. The van der Waals surface area contributed by atoms with Crippen LogP contribution in [0.15, 0.2) is 41.2 Å². The number of aliphatic hydroxyl groups is 1. The molecule has 0 unspecified atom stereocenters. The van der Waals surface area contributed by atoms with Gasteiger partial charge in [0.15, 0.2) is 22.9 Å². The maximum Gasteiger partial charge on any atom is 0.342 e. The molecule has 0 saturated heterocycles. The molecule has 1 aliphatic carbocycles. The van der Waals surface area contributed by atoms with E-state index in [1.807, 2.05) is 6.92 Å². The quantitative estimate of drug-likeness (QED) is 0.505. The smallest absolute Gasteiger partial charge is 0.342 e. The number of ether oxygens (including phenoxy) is 3. The lowest BCUT2D eigenvalue weighted by molar-refractivity contribution is -0.146. The summed E-state index contributed by atoms with van der Waals surface area (Å²) in [5, 5.41) is 31.2. The molecule has 160 valence electrons. The standard InChI is InChI=1S/C22H24O8/c1-5-6-13-7-12-8-17(22(3,27)20(25)14(12)10-29-13)30-21(26)18-11(2)19(24)16(28-4)9-15(18)23/h5-7,9,17,23-24,27H,8,10H2,1-4H3/t17-,22-/m1/s1. The summed E-state index contributed by atoms with van der Waals surface area (Å²) in [5.74, 6) is -1.77. The number of phenolic OH excluding ortho intramolecular Hbond substituents is 2. The molecule has 0 fully saturated rings. The molecule has 1 aliphatic heterocycles. The van der Waals surface area contributed by atoms with Crippen LogP contribution in [0, 0.1) is 6.92 Å². The second-order valence-corrected chi connectivity index (χ2v) is 7.36. The number of methoxy groups -OCH3 is 1. The summed E-state index contributed by atoms with van der Waals surface area (Å²) < 4.78 is 15.9. The lowest BCUT2D eigenvalue weighted by Crippen LogP contribution is -2.53. The number of Topliss-reactive ketones (excluding diaryl/α,β-unsaturated/α-hetero) is 1. The largest absolute Gasteiger partial charge is 0.507 e. The Labute approximate surface area is 173 Å². The van der Waals surface area contributed by atoms with Gasteiger partial charge in [0.25, 0.3) is 0 Å². The van der Waals surface area contributed by atoms with Crippen LogP contribution in [0.2, 0.25) is 0 Å². The molecule has 1 heterocycles. The fourth-order valence-electron chi connectivity index (χ4n) is 3.57. The van der Waals surface area contributed by atoms with Crippen LogP contribution in [0.25, 0.3) is 0 Å². The molecule has 8 heteroatoms. The molecule has 0 radical (unpaired) electrons. The van der Waals surface area contributed by atoms with Crippen molar-refractivity contribution >= 4 is 11.8 Å². The maximum atomic E-state index is 12.8. The molecule has 2 aliphatic rings. The topological polar surface area (TPSA) is 123 Å². The van der Waals surface area contributed by atoms with E-state index in [1.165, 1.54) is 21.0 Å². The Morgan fingerprint density at radius 3 is 2.70 bits per heavy atom. The zero-order valence-electron chi connectivity index (χ0n) is 17.2. The van der Waals surface area contributed by atoms with E-state index in [0.717, 1.165) is 6.07 Å².